The fourth-order valence-corrected chi connectivity index (χ4v) is 2.97. The molecule has 0 aromatic heterocycles. The molecule has 2 aliphatic rings. The predicted molar refractivity (Wildman–Crippen MR) is 67.9 cm³/mol. The first-order valence-corrected chi connectivity index (χ1v) is 6.37. The first-order chi connectivity index (χ1) is 8.24. The van der Waals surface area contributed by atoms with Gasteiger partial charge in [-0.05, 0) is 31.9 Å². The van der Waals surface area contributed by atoms with E-state index in [1.54, 1.807) is 0 Å². The van der Waals surface area contributed by atoms with Crippen molar-refractivity contribution in [3.8, 4) is 0 Å². The average Bonchev–Trinajstić information content (AvgIpc) is 2.88. The molecule has 1 aromatic carbocycles. The minimum Gasteiger partial charge on any atom is -0.380 e. The Morgan fingerprint density at radius 2 is 2.06 bits per heavy atom. The smallest absolute Gasteiger partial charge is 0.225 e. The predicted octanol–water partition coefficient (Wildman–Crippen LogP) is 2.17. The van der Waals surface area contributed by atoms with Crippen LogP contribution in [-0.4, -0.2) is 29.4 Å². The first kappa shape index (κ1) is 10.6. The maximum absolute atomic E-state index is 11.8. The number of carbonyl (C=O) groups is 1. The van der Waals surface area contributed by atoms with Gasteiger partial charge in [0.2, 0.25) is 5.91 Å². The lowest BCUT2D eigenvalue weighted by atomic mass is 10.1. The first-order valence-electron chi connectivity index (χ1n) is 6.37. The number of anilines is 1. The Hall–Kier alpha value is -1.51. The molecule has 0 aliphatic carbocycles. The molecule has 2 atom stereocenters. The lowest BCUT2D eigenvalue weighted by molar-refractivity contribution is -0.127. The van der Waals surface area contributed by atoms with Crippen LogP contribution in [0.4, 0.5) is 5.69 Å². The molecular weight excluding hydrogens is 212 g/mol. The molecule has 17 heavy (non-hydrogen) atoms. The van der Waals surface area contributed by atoms with Gasteiger partial charge < -0.3 is 10.2 Å². The van der Waals surface area contributed by atoms with Crippen molar-refractivity contribution in [1.29, 1.82) is 0 Å². The number of carbonyl (C=O) groups excluding carboxylic acids is 1. The van der Waals surface area contributed by atoms with Crippen molar-refractivity contribution in [3.05, 3.63) is 29.8 Å². The van der Waals surface area contributed by atoms with Gasteiger partial charge in [0.05, 0.1) is 12.1 Å². The number of hydrogen-bond acceptors (Lipinski definition) is 2. The molecule has 2 fully saturated rings. The second-order valence-corrected chi connectivity index (χ2v) is 5.12. The van der Waals surface area contributed by atoms with E-state index in [2.05, 4.69) is 36.5 Å². The van der Waals surface area contributed by atoms with Crippen LogP contribution in [0.25, 0.3) is 0 Å². The molecule has 0 spiro atoms. The molecule has 3 rings (SSSR count). The fraction of sp³-hybridized carbons (Fsp3) is 0.500. The number of hydrogen-bond donors (Lipinski definition) is 1. The zero-order chi connectivity index (χ0) is 11.8. The summed E-state index contributed by atoms with van der Waals surface area (Å²) >= 11 is 0. The van der Waals surface area contributed by atoms with Gasteiger partial charge in [0, 0.05) is 18.7 Å². The summed E-state index contributed by atoms with van der Waals surface area (Å²) in [6, 6.07) is 9.11. The summed E-state index contributed by atoms with van der Waals surface area (Å²) in [5.41, 5.74) is 2.39. The Labute approximate surface area is 102 Å². The summed E-state index contributed by atoms with van der Waals surface area (Å²) in [4.78, 5) is 13.8. The summed E-state index contributed by atoms with van der Waals surface area (Å²) in [6.45, 7) is 3.04. The van der Waals surface area contributed by atoms with E-state index < -0.39 is 0 Å². The van der Waals surface area contributed by atoms with Gasteiger partial charge in [0.25, 0.3) is 0 Å². The van der Waals surface area contributed by atoms with Gasteiger partial charge in [-0.2, -0.15) is 0 Å². The van der Waals surface area contributed by atoms with Crippen LogP contribution in [0.2, 0.25) is 0 Å². The van der Waals surface area contributed by atoms with Crippen LogP contribution in [0, 0.1) is 6.92 Å². The third-order valence-corrected chi connectivity index (χ3v) is 3.88. The van der Waals surface area contributed by atoms with Gasteiger partial charge in [-0.25, -0.2) is 0 Å². The Bertz CT molecular complexity index is 426. The van der Waals surface area contributed by atoms with E-state index in [-0.39, 0.29) is 0 Å². The van der Waals surface area contributed by atoms with Crippen molar-refractivity contribution in [2.24, 2.45) is 0 Å². The largest absolute Gasteiger partial charge is 0.380 e. The van der Waals surface area contributed by atoms with Crippen LogP contribution >= 0.6 is 0 Å². The molecule has 0 bridgehead atoms. The van der Waals surface area contributed by atoms with E-state index in [0.29, 0.717) is 24.4 Å². The molecule has 1 aromatic rings. The lowest BCUT2D eigenvalue weighted by Crippen LogP contribution is -2.34. The van der Waals surface area contributed by atoms with Gasteiger partial charge in [-0.3, -0.25) is 4.79 Å². The van der Waals surface area contributed by atoms with Crippen molar-refractivity contribution < 1.29 is 4.79 Å². The van der Waals surface area contributed by atoms with Crippen LogP contribution in [0.3, 0.4) is 0 Å². The molecular formula is C14H18N2O. The normalized spacial score (nSPS) is 27.4. The minimum atomic E-state index is 0.299. The molecule has 0 saturated carbocycles. The summed E-state index contributed by atoms with van der Waals surface area (Å²) in [5, 5.41) is 3.51. The number of nitrogens with one attached hydrogen (secondary N) is 1. The van der Waals surface area contributed by atoms with E-state index >= 15 is 0 Å². The van der Waals surface area contributed by atoms with Crippen molar-refractivity contribution in [2.75, 3.05) is 11.9 Å². The molecule has 2 heterocycles. The Balaban J connectivity index is 1.73. The number of fused-ring (bicyclic) bond motifs is 1. The second kappa shape index (κ2) is 4.06. The molecule has 3 nitrogen and oxygen atoms in total. The zero-order valence-corrected chi connectivity index (χ0v) is 10.1. The van der Waals surface area contributed by atoms with Crippen molar-refractivity contribution in [3.63, 3.8) is 0 Å². The van der Waals surface area contributed by atoms with Crippen molar-refractivity contribution in [2.45, 2.75) is 38.3 Å². The number of nitrogens with zero attached hydrogens (tertiary/aromatic N) is 1. The SMILES string of the molecule is Cc1ccc(NC2CC(=O)N3CCCC23)cc1. The van der Waals surface area contributed by atoms with Crippen LogP contribution in [-0.2, 0) is 4.79 Å². The fourth-order valence-electron chi connectivity index (χ4n) is 2.97. The van der Waals surface area contributed by atoms with E-state index in [9.17, 15) is 4.79 Å². The minimum absolute atomic E-state index is 0.299. The second-order valence-electron chi connectivity index (χ2n) is 5.12. The van der Waals surface area contributed by atoms with Crippen molar-refractivity contribution in [1.82, 2.24) is 4.90 Å². The number of benzene rings is 1. The van der Waals surface area contributed by atoms with Crippen LogP contribution in [0.15, 0.2) is 24.3 Å². The number of aryl methyl sites for hydroxylation is 1. The molecule has 2 saturated heterocycles. The van der Waals surface area contributed by atoms with Gasteiger partial charge in [0.1, 0.15) is 0 Å². The summed E-state index contributed by atoms with van der Waals surface area (Å²) in [7, 11) is 0. The number of rotatable bonds is 2. The highest BCUT2D eigenvalue weighted by atomic mass is 16.2. The Kier molecular flexibility index (Phi) is 2.54. The Morgan fingerprint density at radius 1 is 1.29 bits per heavy atom. The van der Waals surface area contributed by atoms with Crippen LogP contribution in [0.1, 0.15) is 24.8 Å². The highest BCUT2D eigenvalue weighted by Gasteiger charge is 2.42. The standard InChI is InChI=1S/C14H18N2O/c1-10-4-6-11(7-5-10)15-12-9-14(17)16-8-2-3-13(12)16/h4-7,12-13,15H,2-3,8-9H2,1H3. The third kappa shape index (κ3) is 1.90. The van der Waals surface area contributed by atoms with Crippen LogP contribution < -0.4 is 5.32 Å². The van der Waals surface area contributed by atoms with E-state index in [0.717, 1.165) is 25.1 Å². The topological polar surface area (TPSA) is 32.3 Å². The van der Waals surface area contributed by atoms with Crippen molar-refractivity contribution >= 4 is 11.6 Å². The highest BCUT2D eigenvalue weighted by molar-refractivity contribution is 5.81. The third-order valence-electron chi connectivity index (χ3n) is 3.88. The highest BCUT2D eigenvalue weighted by Crippen LogP contribution is 2.31. The molecule has 3 heteroatoms. The molecule has 2 aliphatic heterocycles. The summed E-state index contributed by atoms with van der Waals surface area (Å²) < 4.78 is 0. The van der Waals surface area contributed by atoms with E-state index in [1.165, 1.54) is 5.56 Å². The monoisotopic (exact) mass is 230 g/mol. The number of amides is 1. The molecule has 90 valence electrons. The maximum atomic E-state index is 11.8. The summed E-state index contributed by atoms with van der Waals surface area (Å²) in [6.07, 6.45) is 2.95. The maximum Gasteiger partial charge on any atom is 0.225 e. The van der Waals surface area contributed by atoms with E-state index in [4.69, 9.17) is 0 Å². The molecule has 1 amide bonds. The van der Waals surface area contributed by atoms with Crippen LogP contribution in [0.5, 0.6) is 0 Å². The zero-order valence-electron chi connectivity index (χ0n) is 10.1. The van der Waals surface area contributed by atoms with Gasteiger partial charge >= 0.3 is 0 Å². The van der Waals surface area contributed by atoms with Gasteiger partial charge in [-0.1, -0.05) is 17.7 Å². The quantitative estimate of drug-likeness (QED) is 0.844. The molecule has 0 radical (unpaired) electrons. The molecule has 2 unspecified atom stereocenters. The average molecular weight is 230 g/mol. The van der Waals surface area contributed by atoms with Gasteiger partial charge in [0.15, 0.2) is 0 Å². The summed E-state index contributed by atoms with van der Waals surface area (Å²) in [5.74, 6) is 0.317. The lowest BCUT2D eigenvalue weighted by Gasteiger charge is -2.21. The molecule has 1 N–H and O–H groups in total. The van der Waals surface area contributed by atoms with E-state index in [1.807, 2.05) is 4.90 Å². The van der Waals surface area contributed by atoms with Gasteiger partial charge in [-0.15, -0.1) is 0 Å². The Morgan fingerprint density at radius 3 is 2.82 bits per heavy atom.